The summed E-state index contributed by atoms with van der Waals surface area (Å²) in [6.07, 6.45) is 1.04. The summed E-state index contributed by atoms with van der Waals surface area (Å²) < 4.78 is 25.2. The summed E-state index contributed by atoms with van der Waals surface area (Å²) in [4.78, 5) is 1.63. The van der Waals surface area contributed by atoms with E-state index in [2.05, 4.69) is 13.2 Å². The van der Waals surface area contributed by atoms with Gasteiger partial charge < -0.3 is 5.73 Å². The molecule has 4 heteroatoms. The third kappa shape index (κ3) is 4.69. The van der Waals surface area contributed by atoms with Crippen LogP contribution >= 0.6 is 0 Å². The lowest BCUT2D eigenvalue weighted by Gasteiger charge is -2.35. The molecule has 0 saturated heterocycles. The highest BCUT2D eigenvalue weighted by Gasteiger charge is 2.26. The van der Waals surface area contributed by atoms with Gasteiger partial charge in [0.05, 0.1) is 12.6 Å². The molecule has 0 amide bonds. The predicted molar refractivity (Wildman–Crippen MR) is 68.9 cm³/mol. The van der Waals surface area contributed by atoms with Crippen molar-refractivity contribution >= 4 is 0 Å². The maximum absolute atomic E-state index is 12.6. The Balaban J connectivity index is 5.23. The van der Waals surface area contributed by atoms with Crippen molar-refractivity contribution in [2.75, 3.05) is 6.54 Å². The Morgan fingerprint density at radius 3 is 2.18 bits per heavy atom. The molecule has 0 fully saturated rings. The Bertz CT molecular complexity index is 296. The van der Waals surface area contributed by atoms with E-state index in [1.807, 2.05) is 26.8 Å². The van der Waals surface area contributed by atoms with Crippen LogP contribution in [0.3, 0.4) is 0 Å². The van der Waals surface area contributed by atoms with Crippen LogP contribution in [0.25, 0.3) is 0 Å². The van der Waals surface area contributed by atoms with Crippen LogP contribution in [0.5, 0.6) is 0 Å². The molecule has 0 aromatic heterocycles. The van der Waals surface area contributed by atoms with Gasteiger partial charge in [0.15, 0.2) is 0 Å². The quantitative estimate of drug-likeness (QED) is 0.698. The molecule has 0 aliphatic rings. The molecular weight excluding hydrogens is 222 g/mol. The van der Waals surface area contributed by atoms with Crippen molar-refractivity contribution in [1.82, 2.24) is 4.90 Å². The lowest BCUT2D eigenvalue weighted by atomic mass is 10.0. The zero-order valence-electron chi connectivity index (χ0n) is 10.8. The van der Waals surface area contributed by atoms with Gasteiger partial charge in [-0.05, 0) is 26.3 Å². The molecular formula is C13H22F2N2. The molecule has 2 nitrogen and oxygen atoms in total. The van der Waals surface area contributed by atoms with Gasteiger partial charge >= 0.3 is 0 Å². The van der Waals surface area contributed by atoms with E-state index >= 15 is 0 Å². The molecule has 0 saturated carbocycles. The maximum Gasteiger partial charge on any atom is 0.251 e. The van der Waals surface area contributed by atoms with E-state index in [-0.39, 0.29) is 12.6 Å². The van der Waals surface area contributed by atoms with Gasteiger partial charge in [0.25, 0.3) is 6.43 Å². The van der Waals surface area contributed by atoms with Gasteiger partial charge in [-0.15, -0.1) is 0 Å². The predicted octanol–water partition coefficient (Wildman–Crippen LogP) is 2.94. The summed E-state index contributed by atoms with van der Waals surface area (Å²) in [5.74, 6) is 0. The molecule has 0 bridgehead atoms. The molecule has 0 aliphatic heterocycles. The van der Waals surface area contributed by atoms with Gasteiger partial charge in [0.1, 0.15) is 0 Å². The molecule has 0 aromatic carbocycles. The Morgan fingerprint density at radius 1 is 1.41 bits per heavy atom. The van der Waals surface area contributed by atoms with Crippen molar-refractivity contribution in [1.29, 1.82) is 0 Å². The van der Waals surface area contributed by atoms with Crippen molar-refractivity contribution in [3.05, 3.63) is 36.6 Å². The Hall–Kier alpha value is -1.16. The van der Waals surface area contributed by atoms with Crippen LogP contribution in [0, 0.1) is 0 Å². The summed E-state index contributed by atoms with van der Waals surface area (Å²) >= 11 is 0. The smallest absolute Gasteiger partial charge is 0.251 e. The Morgan fingerprint density at radius 2 is 1.94 bits per heavy atom. The van der Waals surface area contributed by atoms with E-state index in [0.717, 1.165) is 5.57 Å². The maximum atomic E-state index is 12.6. The minimum Gasteiger partial charge on any atom is -0.401 e. The normalized spacial score (nSPS) is 14.5. The summed E-state index contributed by atoms with van der Waals surface area (Å²) in [5, 5.41) is 0. The number of allylic oxidation sites excluding steroid dienone is 1. The van der Waals surface area contributed by atoms with Crippen LogP contribution in [-0.4, -0.2) is 30.0 Å². The van der Waals surface area contributed by atoms with E-state index in [0.29, 0.717) is 5.70 Å². The lowest BCUT2D eigenvalue weighted by molar-refractivity contribution is 0.0636. The minimum atomic E-state index is -2.40. The van der Waals surface area contributed by atoms with E-state index in [9.17, 15) is 8.78 Å². The van der Waals surface area contributed by atoms with E-state index < -0.39 is 12.5 Å². The van der Waals surface area contributed by atoms with Crippen LogP contribution < -0.4 is 5.73 Å². The second kappa shape index (κ2) is 7.22. The fraction of sp³-hybridized carbons (Fsp3) is 0.538. The van der Waals surface area contributed by atoms with Gasteiger partial charge in [-0.1, -0.05) is 25.3 Å². The molecule has 2 N–H and O–H groups in total. The standard InChI is InChI=1S/C13H22F2N2/c1-6-11(7-2)13(10(5)16)17(9(3)4)8-12(14)15/h6-7,9,12-13H,1,5,8,16H2,2-4H3/b11-7+/t13-/m0/s1. The molecule has 0 aliphatic carbocycles. The van der Waals surface area contributed by atoms with Crippen LogP contribution in [0.2, 0.25) is 0 Å². The third-order valence-electron chi connectivity index (χ3n) is 2.58. The minimum absolute atomic E-state index is 0.0517. The Labute approximate surface area is 102 Å². The second-order valence-corrected chi connectivity index (χ2v) is 4.15. The fourth-order valence-electron chi connectivity index (χ4n) is 1.78. The molecule has 1 atom stereocenters. The first kappa shape index (κ1) is 15.8. The highest BCUT2D eigenvalue weighted by Crippen LogP contribution is 2.20. The van der Waals surface area contributed by atoms with Gasteiger partial charge in [0.2, 0.25) is 0 Å². The second-order valence-electron chi connectivity index (χ2n) is 4.15. The summed E-state index contributed by atoms with van der Waals surface area (Å²) in [6.45, 7) is 12.6. The van der Waals surface area contributed by atoms with E-state index in [1.165, 1.54) is 0 Å². The fourth-order valence-corrected chi connectivity index (χ4v) is 1.78. The third-order valence-corrected chi connectivity index (χ3v) is 2.58. The lowest BCUT2D eigenvalue weighted by Crippen LogP contribution is -2.46. The zero-order valence-corrected chi connectivity index (χ0v) is 10.8. The molecule has 98 valence electrons. The first-order chi connectivity index (χ1) is 7.84. The monoisotopic (exact) mass is 244 g/mol. The zero-order chi connectivity index (χ0) is 13.6. The van der Waals surface area contributed by atoms with Gasteiger partial charge in [0, 0.05) is 11.7 Å². The summed E-state index contributed by atoms with van der Waals surface area (Å²) in [6, 6.07) is -0.462. The number of rotatable bonds is 7. The van der Waals surface area contributed by atoms with Crippen molar-refractivity contribution in [3.8, 4) is 0 Å². The van der Waals surface area contributed by atoms with Gasteiger partial charge in [-0.25, -0.2) is 8.78 Å². The van der Waals surface area contributed by atoms with Crippen LogP contribution in [0.15, 0.2) is 36.6 Å². The van der Waals surface area contributed by atoms with Crippen molar-refractivity contribution < 1.29 is 8.78 Å². The number of alkyl halides is 2. The number of nitrogens with two attached hydrogens (primary N) is 1. The summed E-state index contributed by atoms with van der Waals surface area (Å²) in [7, 11) is 0. The first-order valence-electron chi connectivity index (χ1n) is 5.61. The molecule has 0 spiro atoms. The molecule has 0 heterocycles. The highest BCUT2D eigenvalue weighted by atomic mass is 19.3. The molecule has 17 heavy (non-hydrogen) atoms. The van der Waals surface area contributed by atoms with E-state index in [1.54, 1.807) is 11.0 Å². The average Bonchev–Trinajstić information content (AvgIpc) is 2.21. The summed E-state index contributed by atoms with van der Waals surface area (Å²) in [5.41, 5.74) is 6.89. The molecule has 0 rings (SSSR count). The molecule has 0 radical (unpaired) electrons. The molecule has 0 aromatic rings. The van der Waals surface area contributed by atoms with Crippen molar-refractivity contribution in [2.24, 2.45) is 5.73 Å². The SMILES string of the molecule is C=C/C(=C\C)[C@H](C(=C)N)N(CC(F)F)C(C)C. The first-order valence-corrected chi connectivity index (χ1v) is 5.61. The number of halogens is 2. The van der Waals surface area contributed by atoms with Crippen molar-refractivity contribution in [2.45, 2.75) is 39.3 Å². The Kier molecular flexibility index (Phi) is 6.73. The largest absolute Gasteiger partial charge is 0.401 e. The number of hydrogen-bond acceptors (Lipinski definition) is 2. The van der Waals surface area contributed by atoms with Crippen LogP contribution in [0.4, 0.5) is 8.78 Å². The van der Waals surface area contributed by atoms with Crippen LogP contribution in [-0.2, 0) is 0 Å². The topological polar surface area (TPSA) is 29.3 Å². The molecule has 0 unspecified atom stereocenters. The van der Waals surface area contributed by atoms with Gasteiger partial charge in [-0.3, -0.25) is 4.90 Å². The van der Waals surface area contributed by atoms with E-state index in [4.69, 9.17) is 5.73 Å². The van der Waals surface area contributed by atoms with Crippen molar-refractivity contribution in [3.63, 3.8) is 0 Å². The number of nitrogens with zero attached hydrogens (tertiary/aromatic N) is 1. The highest BCUT2D eigenvalue weighted by molar-refractivity contribution is 5.30. The van der Waals surface area contributed by atoms with Gasteiger partial charge in [-0.2, -0.15) is 0 Å². The average molecular weight is 244 g/mol. The van der Waals surface area contributed by atoms with Crippen LogP contribution in [0.1, 0.15) is 20.8 Å². The number of hydrogen-bond donors (Lipinski definition) is 1.